The van der Waals surface area contributed by atoms with Crippen LogP contribution in [0, 0.1) is 0 Å². The van der Waals surface area contributed by atoms with E-state index in [1.165, 1.54) is 11.3 Å². The molecule has 116 valence electrons. The second kappa shape index (κ2) is 5.96. The average Bonchev–Trinajstić information content (AvgIpc) is 3.03. The first-order chi connectivity index (χ1) is 10.6. The van der Waals surface area contributed by atoms with Gasteiger partial charge in [-0.2, -0.15) is 0 Å². The van der Waals surface area contributed by atoms with Crippen LogP contribution in [0.3, 0.4) is 0 Å². The summed E-state index contributed by atoms with van der Waals surface area (Å²) >= 11 is 1.39. The van der Waals surface area contributed by atoms with Gasteiger partial charge in [0.1, 0.15) is 18.1 Å². The highest BCUT2D eigenvalue weighted by molar-refractivity contribution is 7.11. The van der Waals surface area contributed by atoms with E-state index in [2.05, 4.69) is 18.8 Å². The number of methoxy groups -OCH3 is 1. The molecule has 0 saturated heterocycles. The SMILES string of the molecule is COc1ccc2c(c1)N(C(=O)c1nc(C(C)C)cs1)CCO2. The Kier molecular flexibility index (Phi) is 4.02. The number of thiazole rings is 1. The van der Waals surface area contributed by atoms with E-state index in [0.29, 0.717) is 35.6 Å². The highest BCUT2D eigenvalue weighted by atomic mass is 32.1. The number of fused-ring (bicyclic) bond motifs is 1. The number of ether oxygens (including phenoxy) is 2. The Morgan fingerprint density at radius 2 is 2.27 bits per heavy atom. The van der Waals surface area contributed by atoms with Gasteiger partial charge in [-0.3, -0.25) is 9.69 Å². The molecule has 0 N–H and O–H groups in total. The number of aromatic nitrogens is 1. The molecule has 0 atom stereocenters. The van der Waals surface area contributed by atoms with Crippen LogP contribution < -0.4 is 14.4 Å². The number of hydrogen-bond donors (Lipinski definition) is 0. The summed E-state index contributed by atoms with van der Waals surface area (Å²) < 4.78 is 10.9. The topological polar surface area (TPSA) is 51.7 Å². The van der Waals surface area contributed by atoms with E-state index in [9.17, 15) is 4.79 Å². The normalized spacial score (nSPS) is 13.7. The van der Waals surface area contributed by atoms with Crippen LogP contribution in [-0.2, 0) is 0 Å². The van der Waals surface area contributed by atoms with E-state index in [0.717, 1.165) is 11.4 Å². The summed E-state index contributed by atoms with van der Waals surface area (Å²) in [5, 5.41) is 2.46. The van der Waals surface area contributed by atoms with E-state index in [4.69, 9.17) is 9.47 Å². The van der Waals surface area contributed by atoms with E-state index in [1.807, 2.05) is 23.6 Å². The molecule has 5 nitrogen and oxygen atoms in total. The van der Waals surface area contributed by atoms with Crippen LogP contribution in [-0.4, -0.2) is 31.2 Å². The summed E-state index contributed by atoms with van der Waals surface area (Å²) in [5.74, 6) is 1.62. The third-order valence-electron chi connectivity index (χ3n) is 3.57. The zero-order valence-electron chi connectivity index (χ0n) is 12.8. The Bertz CT molecular complexity index is 696. The number of benzene rings is 1. The zero-order valence-corrected chi connectivity index (χ0v) is 13.6. The van der Waals surface area contributed by atoms with Gasteiger partial charge in [0.2, 0.25) is 0 Å². The Morgan fingerprint density at radius 3 is 2.95 bits per heavy atom. The van der Waals surface area contributed by atoms with Gasteiger partial charge in [0, 0.05) is 11.4 Å². The molecule has 1 aliphatic heterocycles. The zero-order chi connectivity index (χ0) is 15.7. The molecule has 22 heavy (non-hydrogen) atoms. The van der Waals surface area contributed by atoms with E-state index >= 15 is 0 Å². The van der Waals surface area contributed by atoms with Crippen LogP contribution in [0.2, 0.25) is 0 Å². The Balaban J connectivity index is 1.93. The van der Waals surface area contributed by atoms with Crippen LogP contribution in [0.4, 0.5) is 5.69 Å². The molecule has 1 aromatic carbocycles. The van der Waals surface area contributed by atoms with Gasteiger partial charge in [-0.1, -0.05) is 13.8 Å². The van der Waals surface area contributed by atoms with Crippen molar-refractivity contribution in [2.45, 2.75) is 19.8 Å². The summed E-state index contributed by atoms with van der Waals surface area (Å²) in [7, 11) is 1.60. The largest absolute Gasteiger partial charge is 0.497 e. The molecule has 1 amide bonds. The van der Waals surface area contributed by atoms with Crippen molar-refractivity contribution in [3.63, 3.8) is 0 Å². The third-order valence-corrected chi connectivity index (χ3v) is 4.42. The van der Waals surface area contributed by atoms with E-state index in [1.54, 1.807) is 12.0 Å². The highest BCUT2D eigenvalue weighted by Crippen LogP contribution is 2.36. The molecular formula is C16H18N2O3S. The van der Waals surface area contributed by atoms with E-state index in [-0.39, 0.29) is 5.91 Å². The second-order valence-electron chi connectivity index (χ2n) is 5.37. The van der Waals surface area contributed by atoms with Gasteiger partial charge in [0.05, 0.1) is 25.0 Å². The number of carbonyl (C=O) groups is 1. The fourth-order valence-corrected chi connectivity index (χ4v) is 3.23. The monoisotopic (exact) mass is 318 g/mol. The summed E-state index contributed by atoms with van der Waals surface area (Å²) in [6, 6.07) is 5.48. The molecule has 3 rings (SSSR count). The molecule has 0 radical (unpaired) electrons. The Hall–Kier alpha value is -2.08. The quantitative estimate of drug-likeness (QED) is 0.871. The molecule has 1 aromatic heterocycles. The van der Waals surface area contributed by atoms with Gasteiger partial charge in [0.15, 0.2) is 5.01 Å². The maximum Gasteiger partial charge on any atom is 0.287 e. The second-order valence-corrected chi connectivity index (χ2v) is 6.23. The fraction of sp³-hybridized carbons (Fsp3) is 0.375. The molecule has 0 bridgehead atoms. The van der Waals surface area contributed by atoms with Crippen LogP contribution in [0.1, 0.15) is 35.3 Å². The number of amides is 1. The van der Waals surface area contributed by atoms with Crippen molar-refractivity contribution in [3.05, 3.63) is 34.3 Å². The fourth-order valence-electron chi connectivity index (χ4n) is 2.30. The molecule has 2 heterocycles. The summed E-state index contributed by atoms with van der Waals surface area (Å²) in [4.78, 5) is 18.9. The molecular weight excluding hydrogens is 300 g/mol. The number of nitrogens with zero attached hydrogens (tertiary/aromatic N) is 2. The van der Waals surface area contributed by atoms with Crippen molar-refractivity contribution in [2.24, 2.45) is 0 Å². The van der Waals surface area contributed by atoms with Crippen molar-refractivity contribution in [1.29, 1.82) is 0 Å². The lowest BCUT2D eigenvalue weighted by Gasteiger charge is -2.29. The third kappa shape index (κ3) is 2.66. The molecule has 0 saturated carbocycles. The van der Waals surface area contributed by atoms with Gasteiger partial charge >= 0.3 is 0 Å². The first-order valence-corrected chi connectivity index (χ1v) is 8.06. The minimum absolute atomic E-state index is 0.0882. The number of rotatable bonds is 3. The standard InChI is InChI=1S/C16H18N2O3S/c1-10(2)12-9-22-15(17-12)16(19)18-6-7-21-14-5-4-11(20-3)8-13(14)18/h4-5,8-10H,6-7H2,1-3H3. The molecule has 0 unspecified atom stereocenters. The maximum absolute atomic E-state index is 12.8. The van der Waals surface area contributed by atoms with Gasteiger partial charge < -0.3 is 9.47 Å². The Labute approximate surface area is 133 Å². The summed E-state index contributed by atoms with van der Waals surface area (Å²) in [6.07, 6.45) is 0. The van der Waals surface area contributed by atoms with Gasteiger partial charge in [0.25, 0.3) is 5.91 Å². The van der Waals surface area contributed by atoms with Crippen molar-refractivity contribution in [1.82, 2.24) is 4.98 Å². The summed E-state index contributed by atoms with van der Waals surface area (Å²) in [6.45, 7) is 5.12. The van der Waals surface area contributed by atoms with Gasteiger partial charge in [-0.15, -0.1) is 11.3 Å². The van der Waals surface area contributed by atoms with Crippen LogP contribution in [0.5, 0.6) is 11.5 Å². The molecule has 2 aromatic rings. The molecule has 6 heteroatoms. The molecule has 0 fully saturated rings. The van der Waals surface area contributed by atoms with Crippen molar-refractivity contribution < 1.29 is 14.3 Å². The lowest BCUT2D eigenvalue weighted by molar-refractivity contribution is 0.0976. The van der Waals surface area contributed by atoms with E-state index < -0.39 is 0 Å². The molecule has 1 aliphatic rings. The van der Waals surface area contributed by atoms with Crippen LogP contribution in [0.15, 0.2) is 23.6 Å². The van der Waals surface area contributed by atoms with Crippen LogP contribution in [0.25, 0.3) is 0 Å². The molecule has 0 spiro atoms. The number of carbonyl (C=O) groups excluding carboxylic acids is 1. The lowest BCUT2D eigenvalue weighted by atomic mass is 10.2. The number of anilines is 1. The molecule has 0 aliphatic carbocycles. The predicted molar refractivity (Wildman–Crippen MR) is 86.4 cm³/mol. The lowest BCUT2D eigenvalue weighted by Crippen LogP contribution is -2.37. The smallest absolute Gasteiger partial charge is 0.287 e. The average molecular weight is 318 g/mol. The van der Waals surface area contributed by atoms with Crippen molar-refractivity contribution in [2.75, 3.05) is 25.2 Å². The first-order valence-electron chi connectivity index (χ1n) is 7.18. The first kappa shape index (κ1) is 14.8. The summed E-state index contributed by atoms with van der Waals surface area (Å²) in [5.41, 5.74) is 1.68. The highest BCUT2D eigenvalue weighted by Gasteiger charge is 2.27. The van der Waals surface area contributed by atoms with Crippen LogP contribution >= 0.6 is 11.3 Å². The number of hydrogen-bond acceptors (Lipinski definition) is 5. The maximum atomic E-state index is 12.8. The van der Waals surface area contributed by atoms with Crippen molar-refractivity contribution >= 4 is 22.9 Å². The van der Waals surface area contributed by atoms with Crippen molar-refractivity contribution in [3.8, 4) is 11.5 Å². The Morgan fingerprint density at radius 1 is 1.45 bits per heavy atom. The minimum Gasteiger partial charge on any atom is -0.497 e. The van der Waals surface area contributed by atoms with Gasteiger partial charge in [-0.05, 0) is 18.1 Å². The minimum atomic E-state index is -0.0882. The predicted octanol–water partition coefficient (Wildman–Crippen LogP) is 3.31. The van der Waals surface area contributed by atoms with Gasteiger partial charge in [-0.25, -0.2) is 4.98 Å².